The zero-order valence-electron chi connectivity index (χ0n) is 28.7. The van der Waals surface area contributed by atoms with Gasteiger partial charge in [0.2, 0.25) is 0 Å². The first kappa shape index (κ1) is 28.8. The van der Waals surface area contributed by atoms with Crippen LogP contribution in [-0.2, 0) is 5.41 Å². The zero-order valence-corrected chi connectivity index (χ0v) is 28.7. The molecule has 0 aliphatic heterocycles. The third kappa shape index (κ3) is 3.72. The van der Waals surface area contributed by atoms with Crippen LogP contribution in [0.5, 0.6) is 0 Å². The quantitative estimate of drug-likeness (QED) is 0.171. The molecule has 0 fully saturated rings. The molecule has 0 saturated carbocycles. The molecule has 2 aliphatic rings. The Kier molecular flexibility index (Phi) is 5.73. The van der Waals surface area contributed by atoms with Gasteiger partial charge in [-0.3, -0.25) is 0 Å². The zero-order chi connectivity index (χ0) is 34.7. The average molecular weight is 671 g/mol. The van der Waals surface area contributed by atoms with E-state index in [2.05, 4.69) is 182 Å². The summed E-state index contributed by atoms with van der Waals surface area (Å²) in [6.45, 7) is 0. The summed E-state index contributed by atoms with van der Waals surface area (Å²) in [5.41, 5.74) is 13.9. The highest BCUT2D eigenvalue weighted by molar-refractivity contribution is 6.26. The summed E-state index contributed by atoms with van der Waals surface area (Å²) >= 11 is 0. The van der Waals surface area contributed by atoms with Crippen LogP contribution in [0.2, 0.25) is 0 Å². The second kappa shape index (κ2) is 10.6. The summed E-state index contributed by atoms with van der Waals surface area (Å²) < 4.78 is 0. The first-order valence-electron chi connectivity index (χ1n) is 18.3. The monoisotopic (exact) mass is 670 g/mol. The molecule has 0 bridgehead atoms. The number of aromatic nitrogens is 2. The van der Waals surface area contributed by atoms with Gasteiger partial charge in [0.15, 0.2) is 5.82 Å². The van der Waals surface area contributed by atoms with Gasteiger partial charge in [-0.25, -0.2) is 9.97 Å². The standard InChI is InChI=1S/C51H30N2/c1-2-16-34-32(14-1)33-15-3-4-17-35(33)42-30-31(28-29-36(34)42)49-40-21-8-12-27-47(40)52-50(53-49)41-22-13-26-46-48(41)39-20-7-11-25-45(39)51(46)43-23-9-5-18-37(43)38-19-6-10-24-44(38)51/h1-30H. The molecule has 0 saturated heterocycles. The molecule has 0 radical (unpaired) electrons. The number of nitrogens with zero attached hydrogens (tertiary/aromatic N) is 2. The maximum absolute atomic E-state index is 5.53. The molecule has 9 aromatic carbocycles. The van der Waals surface area contributed by atoms with Crippen molar-refractivity contribution in [2.45, 2.75) is 5.41 Å². The largest absolute Gasteiger partial charge is 0.228 e. The fourth-order valence-electron chi connectivity index (χ4n) is 9.80. The second-order valence-corrected chi connectivity index (χ2v) is 14.4. The second-order valence-electron chi connectivity index (χ2n) is 14.4. The van der Waals surface area contributed by atoms with Gasteiger partial charge in [-0.2, -0.15) is 0 Å². The molecule has 2 nitrogen and oxygen atoms in total. The topological polar surface area (TPSA) is 25.8 Å². The van der Waals surface area contributed by atoms with Crippen molar-refractivity contribution in [3.8, 4) is 44.9 Å². The molecule has 0 N–H and O–H groups in total. The Hall–Kier alpha value is -6.90. The lowest BCUT2D eigenvalue weighted by atomic mass is 9.70. The van der Waals surface area contributed by atoms with E-state index in [1.165, 1.54) is 76.8 Å². The van der Waals surface area contributed by atoms with Gasteiger partial charge in [-0.15, -0.1) is 0 Å². The van der Waals surface area contributed by atoms with Gasteiger partial charge in [-0.1, -0.05) is 170 Å². The van der Waals surface area contributed by atoms with Crippen LogP contribution in [0.4, 0.5) is 0 Å². The predicted molar refractivity (Wildman–Crippen MR) is 219 cm³/mol. The molecule has 0 amide bonds. The maximum atomic E-state index is 5.53. The molecular weight excluding hydrogens is 641 g/mol. The smallest absolute Gasteiger partial charge is 0.161 e. The minimum Gasteiger partial charge on any atom is -0.228 e. The van der Waals surface area contributed by atoms with Gasteiger partial charge in [0, 0.05) is 16.5 Å². The van der Waals surface area contributed by atoms with Crippen LogP contribution >= 0.6 is 0 Å². The van der Waals surface area contributed by atoms with Gasteiger partial charge in [0.25, 0.3) is 0 Å². The van der Waals surface area contributed by atoms with Crippen molar-refractivity contribution in [2.24, 2.45) is 0 Å². The van der Waals surface area contributed by atoms with Crippen molar-refractivity contribution in [1.82, 2.24) is 9.97 Å². The first-order valence-corrected chi connectivity index (χ1v) is 18.3. The van der Waals surface area contributed by atoms with Crippen LogP contribution < -0.4 is 0 Å². The molecule has 12 rings (SSSR count). The van der Waals surface area contributed by atoms with Gasteiger partial charge in [-0.05, 0) is 89.0 Å². The number of fused-ring (bicyclic) bond motifs is 17. The van der Waals surface area contributed by atoms with Crippen molar-refractivity contribution >= 4 is 43.2 Å². The van der Waals surface area contributed by atoms with Gasteiger partial charge >= 0.3 is 0 Å². The van der Waals surface area contributed by atoms with Crippen LogP contribution in [0.15, 0.2) is 182 Å². The van der Waals surface area contributed by atoms with E-state index in [1.54, 1.807) is 0 Å². The Bertz CT molecular complexity index is 3110. The molecule has 244 valence electrons. The van der Waals surface area contributed by atoms with Gasteiger partial charge in [0.05, 0.1) is 16.6 Å². The number of benzene rings is 9. The molecule has 1 heterocycles. The maximum Gasteiger partial charge on any atom is 0.161 e. The Morgan fingerprint density at radius 2 is 0.792 bits per heavy atom. The van der Waals surface area contributed by atoms with E-state index in [1.807, 2.05) is 0 Å². The summed E-state index contributed by atoms with van der Waals surface area (Å²) in [5.74, 6) is 0.741. The van der Waals surface area contributed by atoms with Crippen molar-refractivity contribution in [2.75, 3.05) is 0 Å². The fraction of sp³-hybridized carbons (Fsp3) is 0.0196. The van der Waals surface area contributed by atoms with Crippen LogP contribution in [0, 0.1) is 0 Å². The Morgan fingerprint density at radius 3 is 1.45 bits per heavy atom. The van der Waals surface area contributed by atoms with E-state index < -0.39 is 5.41 Å². The molecular formula is C51H30N2. The van der Waals surface area contributed by atoms with E-state index in [0.717, 1.165) is 33.5 Å². The minimum atomic E-state index is -0.420. The highest BCUT2D eigenvalue weighted by Gasteiger charge is 2.52. The lowest BCUT2D eigenvalue weighted by molar-refractivity contribution is 0.794. The van der Waals surface area contributed by atoms with Crippen LogP contribution in [0.3, 0.4) is 0 Å². The lowest BCUT2D eigenvalue weighted by Gasteiger charge is -2.30. The Labute approximate surface area is 306 Å². The Balaban J connectivity index is 1.14. The number of hydrogen-bond donors (Lipinski definition) is 0. The minimum absolute atomic E-state index is 0.420. The fourth-order valence-corrected chi connectivity index (χ4v) is 9.80. The van der Waals surface area contributed by atoms with Gasteiger partial charge < -0.3 is 0 Å². The van der Waals surface area contributed by atoms with Crippen molar-refractivity contribution < 1.29 is 0 Å². The number of para-hydroxylation sites is 1. The highest BCUT2D eigenvalue weighted by Crippen LogP contribution is 2.63. The molecule has 53 heavy (non-hydrogen) atoms. The first-order chi connectivity index (χ1) is 26.3. The summed E-state index contributed by atoms with van der Waals surface area (Å²) in [4.78, 5) is 10.9. The number of rotatable bonds is 2. The number of hydrogen-bond acceptors (Lipinski definition) is 2. The normalized spacial score (nSPS) is 13.4. The molecule has 2 heteroatoms. The van der Waals surface area contributed by atoms with Crippen molar-refractivity contribution in [3.63, 3.8) is 0 Å². The molecule has 0 unspecified atom stereocenters. The predicted octanol–water partition coefficient (Wildman–Crippen LogP) is 12.8. The summed E-state index contributed by atoms with van der Waals surface area (Å²) in [6, 6.07) is 66.5. The van der Waals surface area contributed by atoms with E-state index >= 15 is 0 Å². The van der Waals surface area contributed by atoms with E-state index in [9.17, 15) is 0 Å². The van der Waals surface area contributed by atoms with E-state index in [0.29, 0.717) is 0 Å². The molecule has 2 aliphatic carbocycles. The highest BCUT2D eigenvalue weighted by atomic mass is 14.9. The summed E-state index contributed by atoms with van der Waals surface area (Å²) in [6.07, 6.45) is 0. The SMILES string of the molecule is c1ccc2c(c1)-c1ccccc1C21c2ccccc2-c2c(-c3nc(-c4ccc5c6ccccc6c6ccccc6c5c4)c4ccccc4n3)cccc21. The molecule has 10 aromatic rings. The summed E-state index contributed by atoms with van der Waals surface area (Å²) in [7, 11) is 0. The van der Waals surface area contributed by atoms with E-state index in [4.69, 9.17) is 9.97 Å². The third-order valence-corrected chi connectivity index (χ3v) is 11.9. The van der Waals surface area contributed by atoms with Crippen LogP contribution in [0.25, 0.3) is 88.1 Å². The summed E-state index contributed by atoms with van der Waals surface area (Å²) in [5, 5.41) is 8.59. The Morgan fingerprint density at radius 1 is 0.321 bits per heavy atom. The van der Waals surface area contributed by atoms with Crippen LogP contribution in [-0.4, -0.2) is 9.97 Å². The van der Waals surface area contributed by atoms with Crippen molar-refractivity contribution in [1.29, 1.82) is 0 Å². The third-order valence-electron chi connectivity index (χ3n) is 11.9. The average Bonchev–Trinajstić information content (AvgIpc) is 3.71. The lowest BCUT2D eigenvalue weighted by Crippen LogP contribution is -2.25. The van der Waals surface area contributed by atoms with Crippen LogP contribution in [0.1, 0.15) is 22.3 Å². The molecule has 1 aromatic heterocycles. The van der Waals surface area contributed by atoms with Gasteiger partial charge in [0.1, 0.15) is 0 Å². The molecule has 0 atom stereocenters. The van der Waals surface area contributed by atoms with Crippen molar-refractivity contribution in [3.05, 3.63) is 204 Å². The van der Waals surface area contributed by atoms with E-state index in [-0.39, 0.29) is 0 Å². The molecule has 1 spiro atoms.